The number of hydrogen-bond donors (Lipinski definition) is 1. The molecular weight excluding hydrogens is 224 g/mol. The highest BCUT2D eigenvalue weighted by Crippen LogP contribution is 2.28. The Balaban J connectivity index is 1.86. The minimum Gasteiger partial charge on any atom is -0.379 e. The molecule has 2 aliphatic heterocycles. The van der Waals surface area contributed by atoms with Gasteiger partial charge in [-0.15, -0.1) is 0 Å². The summed E-state index contributed by atoms with van der Waals surface area (Å²) >= 11 is 0. The SMILES string of the molecule is CCCNC1COCC1CN1C(C)CCC1CC. The highest BCUT2D eigenvalue weighted by molar-refractivity contribution is 4.90. The maximum Gasteiger partial charge on any atom is 0.0623 e. The van der Waals surface area contributed by atoms with Crippen molar-refractivity contribution in [2.75, 3.05) is 26.3 Å². The van der Waals surface area contributed by atoms with E-state index < -0.39 is 0 Å². The third kappa shape index (κ3) is 3.25. The van der Waals surface area contributed by atoms with Crippen molar-refractivity contribution in [2.45, 2.75) is 64.6 Å². The van der Waals surface area contributed by atoms with Crippen molar-refractivity contribution in [3.05, 3.63) is 0 Å². The van der Waals surface area contributed by atoms with Gasteiger partial charge in [0.1, 0.15) is 0 Å². The van der Waals surface area contributed by atoms with Crippen molar-refractivity contribution in [1.29, 1.82) is 0 Å². The zero-order chi connectivity index (χ0) is 13.0. The molecule has 0 radical (unpaired) electrons. The summed E-state index contributed by atoms with van der Waals surface area (Å²) in [6.07, 6.45) is 5.27. The molecule has 0 bridgehead atoms. The van der Waals surface area contributed by atoms with Gasteiger partial charge >= 0.3 is 0 Å². The van der Waals surface area contributed by atoms with Gasteiger partial charge in [-0.3, -0.25) is 4.90 Å². The van der Waals surface area contributed by atoms with E-state index in [1.54, 1.807) is 0 Å². The van der Waals surface area contributed by atoms with Crippen molar-refractivity contribution in [3.8, 4) is 0 Å². The summed E-state index contributed by atoms with van der Waals surface area (Å²) < 4.78 is 5.69. The van der Waals surface area contributed by atoms with Crippen LogP contribution in [0, 0.1) is 5.92 Å². The highest BCUT2D eigenvalue weighted by atomic mass is 16.5. The molecule has 4 atom stereocenters. The van der Waals surface area contributed by atoms with Crippen molar-refractivity contribution in [1.82, 2.24) is 10.2 Å². The van der Waals surface area contributed by atoms with E-state index in [4.69, 9.17) is 4.74 Å². The Kier molecular flexibility index (Phi) is 5.46. The number of rotatable bonds is 6. The molecule has 0 saturated carbocycles. The lowest BCUT2D eigenvalue weighted by Crippen LogP contribution is -2.45. The molecule has 0 spiro atoms. The van der Waals surface area contributed by atoms with E-state index >= 15 is 0 Å². The Morgan fingerprint density at radius 2 is 2.06 bits per heavy atom. The quantitative estimate of drug-likeness (QED) is 0.787. The van der Waals surface area contributed by atoms with Crippen LogP contribution in [0.2, 0.25) is 0 Å². The van der Waals surface area contributed by atoms with E-state index in [1.807, 2.05) is 0 Å². The first-order chi connectivity index (χ1) is 8.76. The molecule has 4 unspecified atom stereocenters. The van der Waals surface area contributed by atoms with Gasteiger partial charge in [0.15, 0.2) is 0 Å². The Labute approximate surface area is 112 Å². The van der Waals surface area contributed by atoms with Gasteiger partial charge in [-0.1, -0.05) is 13.8 Å². The van der Waals surface area contributed by atoms with Crippen LogP contribution in [0.5, 0.6) is 0 Å². The van der Waals surface area contributed by atoms with E-state index in [9.17, 15) is 0 Å². The molecule has 106 valence electrons. The Morgan fingerprint density at radius 1 is 1.22 bits per heavy atom. The minimum atomic E-state index is 0.579. The van der Waals surface area contributed by atoms with Crippen LogP contribution in [-0.2, 0) is 4.74 Å². The second-order valence-electron chi connectivity index (χ2n) is 6.04. The molecule has 2 fully saturated rings. The number of nitrogens with zero attached hydrogens (tertiary/aromatic N) is 1. The second kappa shape index (κ2) is 6.88. The summed E-state index contributed by atoms with van der Waals surface area (Å²) in [4.78, 5) is 2.74. The first kappa shape index (κ1) is 14.3. The Hall–Kier alpha value is -0.120. The summed E-state index contributed by atoms with van der Waals surface area (Å²) in [6.45, 7) is 11.1. The highest BCUT2D eigenvalue weighted by Gasteiger charge is 2.35. The van der Waals surface area contributed by atoms with Crippen LogP contribution in [0.3, 0.4) is 0 Å². The van der Waals surface area contributed by atoms with Gasteiger partial charge in [0.25, 0.3) is 0 Å². The third-order valence-electron chi connectivity index (χ3n) is 4.72. The predicted octanol–water partition coefficient (Wildman–Crippen LogP) is 2.26. The predicted molar refractivity (Wildman–Crippen MR) is 75.9 cm³/mol. The largest absolute Gasteiger partial charge is 0.379 e. The smallest absolute Gasteiger partial charge is 0.0623 e. The fourth-order valence-corrected chi connectivity index (χ4v) is 3.50. The monoisotopic (exact) mass is 254 g/mol. The van der Waals surface area contributed by atoms with Gasteiger partial charge in [-0.25, -0.2) is 0 Å². The lowest BCUT2D eigenvalue weighted by atomic mass is 10.0. The minimum absolute atomic E-state index is 0.579. The molecule has 1 N–H and O–H groups in total. The first-order valence-electron chi connectivity index (χ1n) is 7.83. The molecule has 0 aromatic carbocycles. The van der Waals surface area contributed by atoms with E-state index in [1.165, 1.54) is 32.2 Å². The van der Waals surface area contributed by atoms with Crippen LogP contribution in [0.4, 0.5) is 0 Å². The van der Waals surface area contributed by atoms with Gasteiger partial charge in [-0.2, -0.15) is 0 Å². The Bertz CT molecular complexity index is 247. The number of likely N-dealkylation sites (tertiary alicyclic amines) is 1. The lowest BCUT2D eigenvalue weighted by Gasteiger charge is -2.32. The molecular formula is C15H30N2O. The summed E-state index contributed by atoms with van der Waals surface area (Å²) in [6, 6.07) is 2.16. The average Bonchev–Trinajstić information content (AvgIpc) is 2.96. The molecule has 0 aromatic heterocycles. The van der Waals surface area contributed by atoms with Crippen molar-refractivity contribution in [3.63, 3.8) is 0 Å². The molecule has 2 heterocycles. The topological polar surface area (TPSA) is 24.5 Å². The van der Waals surface area contributed by atoms with Crippen molar-refractivity contribution in [2.24, 2.45) is 5.92 Å². The second-order valence-corrected chi connectivity index (χ2v) is 6.04. The molecule has 0 amide bonds. The van der Waals surface area contributed by atoms with Crippen molar-refractivity contribution >= 4 is 0 Å². The van der Waals surface area contributed by atoms with E-state index in [-0.39, 0.29) is 0 Å². The number of nitrogens with one attached hydrogen (secondary N) is 1. The normalized spacial score (nSPS) is 37.5. The zero-order valence-electron chi connectivity index (χ0n) is 12.3. The molecule has 2 saturated heterocycles. The van der Waals surface area contributed by atoms with Gasteiger partial charge in [0.2, 0.25) is 0 Å². The van der Waals surface area contributed by atoms with Gasteiger partial charge in [-0.05, 0) is 39.2 Å². The van der Waals surface area contributed by atoms with Crippen LogP contribution in [0.1, 0.15) is 46.5 Å². The van der Waals surface area contributed by atoms with E-state index in [0.29, 0.717) is 12.0 Å². The van der Waals surface area contributed by atoms with Gasteiger partial charge in [0, 0.05) is 30.6 Å². The zero-order valence-corrected chi connectivity index (χ0v) is 12.3. The fourth-order valence-electron chi connectivity index (χ4n) is 3.50. The van der Waals surface area contributed by atoms with Crippen LogP contribution in [0.15, 0.2) is 0 Å². The van der Waals surface area contributed by atoms with Crippen LogP contribution in [-0.4, -0.2) is 49.3 Å². The molecule has 0 aliphatic carbocycles. The molecule has 3 heteroatoms. The number of hydrogen-bond acceptors (Lipinski definition) is 3. The molecule has 18 heavy (non-hydrogen) atoms. The standard InChI is InChI=1S/C15H30N2O/c1-4-8-16-15-11-18-10-13(15)9-17-12(3)6-7-14(17)5-2/h12-16H,4-11H2,1-3H3. The summed E-state index contributed by atoms with van der Waals surface area (Å²) in [5.74, 6) is 0.686. The van der Waals surface area contributed by atoms with Crippen LogP contribution < -0.4 is 5.32 Å². The number of ether oxygens (including phenoxy) is 1. The van der Waals surface area contributed by atoms with Crippen LogP contribution in [0.25, 0.3) is 0 Å². The maximum absolute atomic E-state index is 5.69. The van der Waals surface area contributed by atoms with E-state index in [0.717, 1.165) is 31.8 Å². The van der Waals surface area contributed by atoms with E-state index in [2.05, 4.69) is 31.0 Å². The molecule has 3 nitrogen and oxygen atoms in total. The Morgan fingerprint density at radius 3 is 2.78 bits per heavy atom. The summed E-state index contributed by atoms with van der Waals surface area (Å²) in [5.41, 5.74) is 0. The molecule has 2 rings (SSSR count). The molecule has 0 aromatic rings. The lowest BCUT2D eigenvalue weighted by molar-refractivity contribution is 0.141. The third-order valence-corrected chi connectivity index (χ3v) is 4.72. The fraction of sp³-hybridized carbons (Fsp3) is 1.00. The van der Waals surface area contributed by atoms with Crippen LogP contribution >= 0.6 is 0 Å². The van der Waals surface area contributed by atoms with Gasteiger partial charge in [0.05, 0.1) is 13.2 Å². The first-order valence-corrected chi connectivity index (χ1v) is 7.83. The van der Waals surface area contributed by atoms with Gasteiger partial charge < -0.3 is 10.1 Å². The summed E-state index contributed by atoms with van der Waals surface area (Å²) in [5, 5.41) is 3.65. The summed E-state index contributed by atoms with van der Waals surface area (Å²) in [7, 11) is 0. The van der Waals surface area contributed by atoms with Crippen molar-refractivity contribution < 1.29 is 4.74 Å². The molecule has 2 aliphatic rings. The average molecular weight is 254 g/mol. The maximum atomic E-state index is 5.69.